The summed E-state index contributed by atoms with van der Waals surface area (Å²) in [6, 6.07) is 10.6. The quantitative estimate of drug-likeness (QED) is 0.280. The number of halogens is 1. The van der Waals surface area contributed by atoms with Crippen molar-refractivity contribution in [1.29, 1.82) is 0 Å². The summed E-state index contributed by atoms with van der Waals surface area (Å²) < 4.78 is 22.2. The number of carboxylic acids is 1. The van der Waals surface area contributed by atoms with E-state index in [0.29, 0.717) is 33.3 Å². The van der Waals surface area contributed by atoms with E-state index in [4.69, 9.17) is 30.3 Å². The highest BCUT2D eigenvalue weighted by Crippen LogP contribution is 2.45. The first-order valence-electron chi connectivity index (χ1n) is 13.6. The van der Waals surface area contributed by atoms with Gasteiger partial charge in [0.1, 0.15) is 17.0 Å². The first-order chi connectivity index (χ1) is 20.3. The van der Waals surface area contributed by atoms with Gasteiger partial charge >= 0.3 is 5.97 Å². The second-order valence-electron chi connectivity index (χ2n) is 11.4. The minimum Gasteiger partial charge on any atom is -0.493 e. The fourth-order valence-electron chi connectivity index (χ4n) is 4.61. The molecule has 2 aromatic carbocycles. The third-order valence-corrected chi connectivity index (χ3v) is 8.61. The number of para-hydroxylation sites is 1. The van der Waals surface area contributed by atoms with E-state index in [1.165, 1.54) is 14.2 Å². The van der Waals surface area contributed by atoms with Gasteiger partial charge in [0.2, 0.25) is 5.89 Å². The lowest BCUT2D eigenvalue weighted by molar-refractivity contribution is -0.139. The van der Waals surface area contributed by atoms with Crippen molar-refractivity contribution in [2.24, 2.45) is 5.41 Å². The number of hydrogen-bond donors (Lipinski definition) is 2. The Balaban J connectivity index is 1.78. The first-order valence-corrected chi connectivity index (χ1v) is 14.9. The number of nitrogens with zero attached hydrogens (tertiary/aromatic N) is 3. The van der Waals surface area contributed by atoms with Crippen molar-refractivity contribution >= 4 is 40.9 Å². The van der Waals surface area contributed by atoms with Crippen LogP contribution < -0.4 is 14.4 Å². The molecule has 13 heteroatoms. The summed E-state index contributed by atoms with van der Waals surface area (Å²) in [6.07, 6.45) is -1.92. The third-order valence-electron chi connectivity index (χ3n) is 7.08. The lowest BCUT2D eigenvalue weighted by Gasteiger charge is -2.32. The topological polar surface area (TPSA) is 144 Å². The molecule has 2 atom stereocenters. The molecule has 1 aliphatic heterocycles. The number of anilines is 1. The highest BCUT2D eigenvalue weighted by molar-refractivity contribution is 8.00. The number of benzene rings is 2. The second-order valence-corrected chi connectivity index (χ2v) is 13.5. The van der Waals surface area contributed by atoms with Gasteiger partial charge in [0, 0.05) is 46.8 Å². The molecule has 2 N–H and O–H groups in total. The normalized spacial score (nSPS) is 17.4. The molecule has 0 aliphatic carbocycles. The van der Waals surface area contributed by atoms with Gasteiger partial charge in [-0.25, -0.2) is 0 Å². The molecule has 232 valence electrons. The Morgan fingerprint density at radius 2 is 1.88 bits per heavy atom. The molecular weight excluding hydrogens is 598 g/mol. The van der Waals surface area contributed by atoms with Crippen LogP contribution in [0.3, 0.4) is 0 Å². The van der Waals surface area contributed by atoms with E-state index in [9.17, 15) is 19.8 Å². The third kappa shape index (κ3) is 7.26. The molecule has 0 saturated carbocycles. The molecule has 1 aliphatic rings. The lowest BCUT2D eigenvalue weighted by Crippen LogP contribution is -2.46. The van der Waals surface area contributed by atoms with E-state index in [2.05, 4.69) is 10.1 Å². The Kier molecular flexibility index (Phi) is 9.95. The summed E-state index contributed by atoms with van der Waals surface area (Å²) in [5.41, 5.74) is 1.18. The first kappa shape index (κ1) is 32.6. The lowest BCUT2D eigenvalue weighted by atomic mass is 9.92. The smallest absolute Gasteiger partial charge is 0.319 e. The van der Waals surface area contributed by atoms with Crippen molar-refractivity contribution in [3.63, 3.8) is 0 Å². The number of fused-ring (bicyclic) bond motifs is 1. The number of carbonyl (C=O) groups excluding carboxylic acids is 1. The number of amides is 1. The number of aliphatic carboxylic acids is 1. The largest absolute Gasteiger partial charge is 0.493 e. The van der Waals surface area contributed by atoms with Gasteiger partial charge in [-0.15, -0.1) is 11.8 Å². The van der Waals surface area contributed by atoms with Crippen LogP contribution in [0.1, 0.15) is 56.6 Å². The van der Waals surface area contributed by atoms with Gasteiger partial charge in [0.25, 0.3) is 5.91 Å². The predicted molar refractivity (Wildman–Crippen MR) is 162 cm³/mol. The van der Waals surface area contributed by atoms with Crippen LogP contribution in [0.5, 0.6) is 11.5 Å². The Morgan fingerprint density at radius 3 is 2.53 bits per heavy atom. The Morgan fingerprint density at radius 1 is 1.14 bits per heavy atom. The Hall–Kier alpha value is -3.32. The van der Waals surface area contributed by atoms with Gasteiger partial charge in [-0.1, -0.05) is 42.7 Å². The number of rotatable bonds is 12. The summed E-state index contributed by atoms with van der Waals surface area (Å²) in [5.74, 6) is 0.245. The summed E-state index contributed by atoms with van der Waals surface area (Å²) in [6.45, 7) is 6.94. The molecule has 0 bridgehead atoms. The highest BCUT2D eigenvalue weighted by atomic mass is 35.5. The minimum atomic E-state index is -1.07. The zero-order valence-electron chi connectivity index (χ0n) is 24.9. The van der Waals surface area contributed by atoms with Crippen molar-refractivity contribution in [1.82, 2.24) is 10.1 Å². The van der Waals surface area contributed by atoms with Crippen LogP contribution in [0.4, 0.5) is 5.69 Å². The molecule has 3 aromatic rings. The van der Waals surface area contributed by atoms with Gasteiger partial charge in [-0.2, -0.15) is 4.98 Å². The number of thioether (sulfide) groups is 1. The second kappa shape index (κ2) is 13.1. The molecule has 11 nitrogen and oxygen atoms in total. The molecule has 43 heavy (non-hydrogen) atoms. The standard InChI is InChI=1S/C30H36ClN3O8S/c1-29(2,16-35)15-34-20-11-10-17(31)12-19(20)25(18-8-7-9-21(39-5)26(18)40-6)41-22(27(34)36)13-23-32-24(42-33-23)14-43-30(3,4)28(37)38/h7-12,22,25,35H,13-16H2,1-6H3,(H,37,38)/t22-,25-/m1/s1. The van der Waals surface area contributed by atoms with Crippen LogP contribution in [0.2, 0.25) is 5.02 Å². The molecular formula is C30H36ClN3O8S. The van der Waals surface area contributed by atoms with Gasteiger partial charge in [0.15, 0.2) is 17.3 Å². The van der Waals surface area contributed by atoms with E-state index in [1.54, 1.807) is 49.1 Å². The number of aromatic nitrogens is 2. The van der Waals surface area contributed by atoms with Crippen LogP contribution in [0.15, 0.2) is 40.9 Å². The molecule has 2 heterocycles. The average Bonchev–Trinajstić information content (AvgIpc) is 3.39. The van der Waals surface area contributed by atoms with Gasteiger partial charge < -0.3 is 33.8 Å². The zero-order valence-corrected chi connectivity index (χ0v) is 26.5. The van der Waals surface area contributed by atoms with E-state index in [0.717, 1.165) is 11.8 Å². The number of ether oxygens (including phenoxy) is 3. The Labute approximate surface area is 259 Å². The molecule has 0 spiro atoms. The highest BCUT2D eigenvalue weighted by Gasteiger charge is 2.40. The van der Waals surface area contributed by atoms with E-state index in [-0.39, 0.29) is 42.9 Å². The van der Waals surface area contributed by atoms with Crippen molar-refractivity contribution in [3.05, 3.63) is 64.3 Å². The van der Waals surface area contributed by atoms with Crippen LogP contribution in [0, 0.1) is 5.41 Å². The maximum Gasteiger partial charge on any atom is 0.319 e. The maximum absolute atomic E-state index is 14.3. The average molecular weight is 634 g/mol. The van der Waals surface area contributed by atoms with Gasteiger partial charge in [-0.05, 0) is 38.1 Å². The van der Waals surface area contributed by atoms with Crippen LogP contribution in [0.25, 0.3) is 0 Å². The maximum atomic E-state index is 14.3. The fraction of sp³-hybridized carbons (Fsp3) is 0.467. The van der Waals surface area contributed by atoms with Crippen LogP contribution in [-0.4, -0.2) is 70.5 Å². The number of aliphatic hydroxyl groups is 1. The molecule has 0 unspecified atom stereocenters. The van der Waals surface area contributed by atoms with Crippen LogP contribution in [-0.2, 0) is 26.5 Å². The van der Waals surface area contributed by atoms with Gasteiger partial charge in [-0.3, -0.25) is 9.59 Å². The number of methoxy groups -OCH3 is 2. The summed E-state index contributed by atoms with van der Waals surface area (Å²) >= 11 is 7.63. The van der Waals surface area contributed by atoms with Crippen LogP contribution >= 0.6 is 23.4 Å². The number of carboxylic acid groups (broad SMARTS) is 1. The fourth-order valence-corrected chi connectivity index (χ4v) is 5.51. The summed E-state index contributed by atoms with van der Waals surface area (Å²) in [4.78, 5) is 31.8. The molecule has 1 aromatic heterocycles. The Bertz CT molecular complexity index is 1480. The van der Waals surface area contributed by atoms with E-state index in [1.807, 2.05) is 19.9 Å². The molecule has 0 fully saturated rings. The predicted octanol–water partition coefficient (Wildman–Crippen LogP) is 4.92. The van der Waals surface area contributed by atoms with Crippen molar-refractivity contribution in [3.8, 4) is 11.5 Å². The van der Waals surface area contributed by atoms with Crippen molar-refractivity contribution in [2.45, 2.75) is 56.8 Å². The monoisotopic (exact) mass is 633 g/mol. The number of hydrogen-bond acceptors (Lipinski definition) is 10. The summed E-state index contributed by atoms with van der Waals surface area (Å²) in [5, 5.41) is 24.0. The number of aliphatic hydroxyl groups excluding tert-OH is 1. The van der Waals surface area contributed by atoms with Crippen molar-refractivity contribution in [2.75, 3.05) is 32.3 Å². The SMILES string of the molecule is COc1cccc([C@H]2O[C@H](Cc3noc(CSC(C)(C)C(=O)O)n3)C(=O)N(CC(C)(C)CO)c3ccc(Cl)cc32)c1OC. The van der Waals surface area contributed by atoms with Gasteiger partial charge in [0.05, 0.1) is 20.0 Å². The molecule has 0 radical (unpaired) electrons. The van der Waals surface area contributed by atoms with E-state index >= 15 is 0 Å². The molecule has 0 saturated heterocycles. The van der Waals surface area contributed by atoms with Crippen molar-refractivity contribution < 1.29 is 38.5 Å². The molecule has 4 rings (SSSR count). The zero-order chi connectivity index (χ0) is 31.5. The summed E-state index contributed by atoms with van der Waals surface area (Å²) in [7, 11) is 3.06. The van der Waals surface area contributed by atoms with E-state index < -0.39 is 28.3 Å². The number of carbonyl (C=O) groups is 2. The minimum absolute atomic E-state index is 0.0319. The molecule has 1 amide bonds.